The molecule has 0 bridgehead atoms. The van der Waals surface area contributed by atoms with E-state index in [4.69, 9.17) is 9.47 Å². The largest absolute Gasteiger partial charge is 0.462 e. The predicted molar refractivity (Wildman–Crippen MR) is 58.0 cm³/mol. The smallest absolute Gasteiger partial charge is 0.272 e. The van der Waals surface area contributed by atoms with Gasteiger partial charge in [-0.1, -0.05) is 39.0 Å². The number of rotatable bonds is 7. The van der Waals surface area contributed by atoms with Crippen LogP contribution >= 0.6 is 0 Å². The van der Waals surface area contributed by atoms with E-state index in [0.717, 1.165) is 6.42 Å². The van der Waals surface area contributed by atoms with Crippen molar-refractivity contribution in [1.82, 2.24) is 0 Å². The first-order valence-electron chi connectivity index (χ1n) is 5.81. The molecule has 14 heavy (non-hydrogen) atoms. The third kappa shape index (κ3) is 4.54. The molecule has 0 spiro atoms. The van der Waals surface area contributed by atoms with Crippen LogP contribution in [0.4, 0.5) is 0 Å². The van der Waals surface area contributed by atoms with Crippen LogP contribution in [0, 0.1) is 0 Å². The van der Waals surface area contributed by atoms with E-state index in [9.17, 15) is 0 Å². The summed E-state index contributed by atoms with van der Waals surface area (Å²) in [5.74, 6) is 0.501. The third-order valence-electron chi connectivity index (χ3n) is 2.61. The van der Waals surface area contributed by atoms with Crippen molar-refractivity contribution in [2.45, 2.75) is 58.0 Å². The average molecular weight is 198 g/mol. The molecule has 0 N–H and O–H groups in total. The Morgan fingerprint density at radius 1 is 1.21 bits per heavy atom. The number of ether oxygens (including phenoxy) is 2. The van der Waals surface area contributed by atoms with Crippen molar-refractivity contribution in [3.63, 3.8) is 0 Å². The number of hydrogen-bond acceptors (Lipinski definition) is 2. The van der Waals surface area contributed by atoms with Crippen molar-refractivity contribution in [3.05, 3.63) is 12.5 Å². The fourth-order valence-corrected chi connectivity index (χ4v) is 1.73. The Balaban J connectivity index is 1.86. The Hall–Kier alpha value is -0.660. The molecule has 82 valence electrons. The highest BCUT2D eigenvalue weighted by Crippen LogP contribution is 2.18. The van der Waals surface area contributed by atoms with Gasteiger partial charge in [0.05, 0.1) is 0 Å². The summed E-state index contributed by atoms with van der Waals surface area (Å²) < 4.78 is 10.5. The SMILES string of the molecule is C=C1OCC(CCCCCCCC)O1. The van der Waals surface area contributed by atoms with Crippen molar-refractivity contribution >= 4 is 0 Å². The van der Waals surface area contributed by atoms with Crippen molar-refractivity contribution < 1.29 is 9.47 Å². The van der Waals surface area contributed by atoms with Gasteiger partial charge in [-0.15, -0.1) is 0 Å². The van der Waals surface area contributed by atoms with Crippen LogP contribution in [0.5, 0.6) is 0 Å². The molecule has 1 heterocycles. The molecule has 0 aliphatic carbocycles. The van der Waals surface area contributed by atoms with Crippen molar-refractivity contribution in [2.75, 3.05) is 6.61 Å². The van der Waals surface area contributed by atoms with E-state index in [1.807, 2.05) is 0 Å². The molecule has 1 aliphatic rings. The zero-order valence-electron chi connectivity index (χ0n) is 9.26. The summed E-state index contributed by atoms with van der Waals surface area (Å²) in [5, 5.41) is 0. The molecular weight excluding hydrogens is 176 g/mol. The second-order valence-electron chi connectivity index (χ2n) is 3.98. The van der Waals surface area contributed by atoms with Gasteiger partial charge in [-0.3, -0.25) is 0 Å². The zero-order chi connectivity index (χ0) is 10.2. The van der Waals surface area contributed by atoms with Gasteiger partial charge in [0.15, 0.2) is 0 Å². The lowest BCUT2D eigenvalue weighted by atomic mass is 10.1. The van der Waals surface area contributed by atoms with Crippen molar-refractivity contribution in [1.29, 1.82) is 0 Å². The van der Waals surface area contributed by atoms with Gasteiger partial charge in [0.1, 0.15) is 12.7 Å². The highest BCUT2D eigenvalue weighted by Gasteiger charge is 2.19. The van der Waals surface area contributed by atoms with Gasteiger partial charge in [0.25, 0.3) is 5.95 Å². The normalized spacial score (nSPS) is 20.6. The summed E-state index contributed by atoms with van der Waals surface area (Å²) in [6.45, 7) is 6.58. The van der Waals surface area contributed by atoms with Crippen LogP contribution < -0.4 is 0 Å². The van der Waals surface area contributed by atoms with Gasteiger partial charge in [0.2, 0.25) is 0 Å². The predicted octanol–water partition coefficient (Wildman–Crippen LogP) is 3.62. The molecule has 0 aromatic rings. The monoisotopic (exact) mass is 198 g/mol. The van der Waals surface area contributed by atoms with E-state index < -0.39 is 0 Å². The van der Waals surface area contributed by atoms with E-state index >= 15 is 0 Å². The first-order valence-corrected chi connectivity index (χ1v) is 5.81. The minimum absolute atomic E-state index is 0.272. The average Bonchev–Trinajstić information content (AvgIpc) is 2.58. The topological polar surface area (TPSA) is 18.5 Å². The molecule has 0 saturated carbocycles. The Morgan fingerprint density at radius 3 is 2.57 bits per heavy atom. The molecule has 1 atom stereocenters. The number of unbranched alkanes of at least 4 members (excludes halogenated alkanes) is 5. The molecule has 2 heteroatoms. The van der Waals surface area contributed by atoms with Gasteiger partial charge in [-0.05, 0) is 19.4 Å². The highest BCUT2D eigenvalue weighted by molar-refractivity contribution is 4.79. The second-order valence-corrected chi connectivity index (χ2v) is 3.98. The Kier molecular flexibility index (Phi) is 5.50. The molecule has 1 saturated heterocycles. The Bertz CT molecular complexity index is 166. The highest BCUT2D eigenvalue weighted by atomic mass is 16.7. The molecule has 0 radical (unpaired) electrons. The fraction of sp³-hybridized carbons (Fsp3) is 0.833. The molecule has 0 aromatic carbocycles. The van der Waals surface area contributed by atoms with Gasteiger partial charge in [-0.2, -0.15) is 0 Å². The summed E-state index contributed by atoms with van der Waals surface area (Å²) >= 11 is 0. The molecule has 0 aromatic heterocycles. The van der Waals surface area contributed by atoms with E-state index in [1.165, 1.54) is 38.5 Å². The van der Waals surface area contributed by atoms with Crippen molar-refractivity contribution in [3.8, 4) is 0 Å². The van der Waals surface area contributed by atoms with Gasteiger partial charge in [-0.25, -0.2) is 0 Å². The van der Waals surface area contributed by atoms with Crippen LogP contribution in [0.15, 0.2) is 12.5 Å². The van der Waals surface area contributed by atoms with Gasteiger partial charge in [0, 0.05) is 0 Å². The maximum absolute atomic E-state index is 5.37. The van der Waals surface area contributed by atoms with E-state index in [1.54, 1.807) is 0 Å². The summed E-state index contributed by atoms with van der Waals surface area (Å²) in [7, 11) is 0. The molecular formula is C12H22O2. The van der Waals surface area contributed by atoms with Crippen LogP contribution in [0.25, 0.3) is 0 Å². The maximum atomic E-state index is 5.37. The minimum atomic E-state index is 0.272. The van der Waals surface area contributed by atoms with E-state index in [2.05, 4.69) is 13.5 Å². The van der Waals surface area contributed by atoms with E-state index in [0.29, 0.717) is 12.6 Å². The minimum Gasteiger partial charge on any atom is -0.462 e. The van der Waals surface area contributed by atoms with Crippen LogP contribution in [-0.4, -0.2) is 12.7 Å². The lowest BCUT2D eigenvalue weighted by Crippen LogP contribution is -2.08. The lowest BCUT2D eigenvalue weighted by molar-refractivity contribution is 0.137. The molecule has 1 rings (SSSR count). The summed E-state index contributed by atoms with van der Waals surface area (Å²) in [6, 6.07) is 0. The third-order valence-corrected chi connectivity index (χ3v) is 2.61. The Labute approximate surface area is 87.3 Å². The van der Waals surface area contributed by atoms with Crippen LogP contribution in [0.2, 0.25) is 0 Å². The van der Waals surface area contributed by atoms with Crippen LogP contribution in [-0.2, 0) is 9.47 Å². The van der Waals surface area contributed by atoms with E-state index in [-0.39, 0.29) is 6.10 Å². The molecule has 2 nitrogen and oxygen atoms in total. The molecule has 1 fully saturated rings. The fourth-order valence-electron chi connectivity index (χ4n) is 1.73. The molecule has 1 unspecified atom stereocenters. The number of hydrogen-bond donors (Lipinski definition) is 0. The zero-order valence-corrected chi connectivity index (χ0v) is 9.26. The first-order chi connectivity index (χ1) is 6.83. The second kappa shape index (κ2) is 6.74. The van der Waals surface area contributed by atoms with Crippen LogP contribution in [0.3, 0.4) is 0 Å². The quantitative estimate of drug-likeness (QED) is 0.582. The van der Waals surface area contributed by atoms with Crippen LogP contribution in [0.1, 0.15) is 51.9 Å². The summed E-state index contributed by atoms with van der Waals surface area (Å²) in [6.07, 6.45) is 9.41. The first kappa shape index (κ1) is 11.4. The summed E-state index contributed by atoms with van der Waals surface area (Å²) in [5.41, 5.74) is 0. The van der Waals surface area contributed by atoms with Gasteiger partial charge < -0.3 is 9.47 Å². The standard InChI is InChI=1S/C12H22O2/c1-3-4-5-6-7-8-9-12-10-13-11(2)14-12/h12H,2-10H2,1H3. The maximum Gasteiger partial charge on any atom is 0.272 e. The van der Waals surface area contributed by atoms with Crippen molar-refractivity contribution in [2.24, 2.45) is 0 Å². The lowest BCUT2D eigenvalue weighted by Gasteiger charge is -2.06. The Morgan fingerprint density at radius 2 is 1.93 bits per heavy atom. The molecule has 1 aliphatic heterocycles. The van der Waals surface area contributed by atoms with Gasteiger partial charge >= 0.3 is 0 Å². The summed E-state index contributed by atoms with van der Waals surface area (Å²) in [4.78, 5) is 0. The molecule has 0 amide bonds.